The van der Waals surface area contributed by atoms with Gasteiger partial charge in [0.2, 0.25) is 0 Å². The molecule has 92 valence electrons. The molecule has 0 rings (SSSR count). The number of methoxy groups -OCH3 is 1. The van der Waals surface area contributed by atoms with Gasteiger partial charge < -0.3 is 20.1 Å². The zero-order valence-corrected chi connectivity index (χ0v) is 9.73. The lowest BCUT2D eigenvalue weighted by atomic mass is 10.1. The monoisotopic (exact) mass is 232 g/mol. The molecule has 0 bridgehead atoms. The standard InChI is InChI=1S/C9H16N2O5/c1-9(2,7(13)14)11(3)8(15)10-5-6(12)16-4/h5H2,1-4H3,(H,10,15)(H,13,14). The van der Waals surface area contributed by atoms with Gasteiger partial charge in [-0.3, -0.25) is 4.79 Å². The molecule has 0 saturated heterocycles. The van der Waals surface area contributed by atoms with E-state index in [1.807, 2.05) is 0 Å². The van der Waals surface area contributed by atoms with Gasteiger partial charge in [-0.15, -0.1) is 0 Å². The lowest BCUT2D eigenvalue weighted by molar-refractivity contribution is -0.146. The predicted octanol–water partition coefficient (Wildman–Crippen LogP) is -0.336. The summed E-state index contributed by atoms with van der Waals surface area (Å²) in [7, 11) is 2.53. The van der Waals surface area contributed by atoms with Crippen LogP contribution in [0.4, 0.5) is 4.79 Å². The van der Waals surface area contributed by atoms with Gasteiger partial charge in [-0.05, 0) is 13.8 Å². The number of amides is 2. The minimum absolute atomic E-state index is 0.296. The van der Waals surface area contributed by atoms with Gasteiger partial charge in [0.15, 0.2) is 0 Å². The Labute approximate surface area is 93.4 Å². The highest BCUT2D eigenvalue weighted by Gasteiger charge is 2.35. The van der Waals surface area contributed by atoms with Crippen LogP contribution >= 0.6 is 0 Å². The van der Waals surface area contributed by atoms with E-state index in [4.69, 9.17) is 5.11 Å². The molecule has 0 aliphatic heterocycles. The van der Waals surface area contributed by atoms with Crippen LogP contribution in [0, 0.1) is 0 Å². The maximum absolute atomic E-state index is 11.5. The van der Waals surface area contributed by atoms with Gasteiger partial charge in [0, 0.05) is 7.05 Å². The van der Waals surface area contributed by atoms with Crippen molar-refractivity contribution in [3.8, 4) is 0 Å². The molecule has 7 nitrogen and oxygen atoms in total. The van der Waals surface area contributed by atoms with E-state index in [9.17, 15) is 14.4 Å². The molecule has 0 aromatic rings. The van der Waals surface area contributed by atoms with Gasteiger partial charge in [0.05, 0.1) is 7.11 Å². The Bertz CT molecular complexity index is 300. The van der Waals surface area contributed by atoms with Crippen LogP contribution in [0.1, 0.15) is 13.8 Å². The molecule has 0 aromatic heterocycles. The number of rotatable bonds is 4. The fourth-order valence-corrected chi connectivity index (χ4v) is 0.736. The lowest BCUT2D eigenvalue weighted by Gasteiger charge is -2.31. The minimum Gasteiger partial charge on any atom is -0.480 e. The molecule has 0 heterocycles. The Kier molecular flexibility index (Phi) is 4.74. The topological polar surface area (TPSA) is 95.9 Å². The Balaban J connectivity index is 4.40. The third-order valence-electron chi connectivity index (χ3n) is 2.28. The van der Waals surface area contributed by atoms with Crippen LogP contribution < -0.4 is 5.32 Å². The van der Waals surface area contributed by atoms with E-state index in [2.05, 4.69) is 10.1 Å². The van der Waals surface area contributed by atoms with Crippen LogP contribution in [0.5, 0.6) is 0 Å². The number of carbonyl (C=O) groups is 3. The van der Waals surface area contributed by atoms with Crippen molar-refractivity contribution in [2.75, 3.05) is 20.7 Å². The summed E-state index contributed by atoms with van der Waals surface area (Å²) in [6, 6.07) is -0.655. The quantitative estimate of drug-likeness (QED) is 0.647. The molecule has 2 amide bonds. The fraction of sp³-hybridized carbons (Fsp3) is 0.667. The van der Waals surface area contributed by atoms with Gasteiger partial charge in [0.1, 0.15) is 12.1 Å². The molecule has 0 atom stereocenters. The number of carboxylic acids is 1. The van der Waals surface area contributed by atoms with Crippen LogP contribution in [0.2, 0.25) is 0 Å². The highest BCUT2D eigenvalue weighted by molar-refractivity contribution is 5.87. The van der Waals surface area contributed by atoms with Crippen LogP contribution in [0.3, 0.4) is 0 Å². The second kappa shape index (κ2) is 5.34. The van der Waals surface area contributed by atoms with Crippen molar-refractivity contribution in [3.63, 3.8) is 0 Å². The van der Waals surface area contributed by atoms with Crippen molar-refractivity contribution in [1.29, 1.82) is 0 Å². The Morgan fingerprint density at radius 2 is 1.88 bits per heavy atom. The third-order valence-corrected chi connectivity index (χ3v) is 2.28. The Morgan fingerprint density at radius 3 is 2.25 bits per heavy atom. The number of carbonyl (C=O) groups excluding carboxylic acids is 2. The summed E-state index contributed by atoms with van der Waals surface area (Å²) in [4.78, 5) is 34.1. The summed E-state index contributed by atoms with van der Waals surface area (Å²) in [6.45, 7) is 2.47. The number of likely N-dealkylation sites (N-methyl/N-ethyl adjacent to an activating group) is 1. The molecule has 0 unspecified atom stereocenters. The van der Waals surface area contributed by atoms with Crippen molar-refractivity contribution >= 4 is 18.0 Å². The van der Waals surface area contributed by atoms with Gasteiger partial charge in [0.25, 0.3) is 0 Å². The van der Waals surface area contributed by atoms with Crippen LogP contribution in [0.25, 0.3) is 0 Å². The van der Waals surface area contributed by atoms with E-state index >= 15 is 0 Å². The summed E-state index contributed by atoms with van der Waals surface area (Å²) < 4.78 is 4.32. The first-order valence-electron chi connectivity index (χ1n) is 4.55. The summed E-state index contributed by atoms with van der Waals surface area (Å²) >= 11 is 0. The van der Waals surface area contributed by atoms with Crippen molar-refractivity contribution in [3.05, 3.63) is 0 Å². The number of hydrogen-bond donors (Lipinski definition) is 2. The SMILES string of the molecule is COC(=O)CNC(=O)N(C)C(C)(C)C(=O)O. The number of ether oxygens (including phenoxy) is 1. The third kappa shape index (κ3) is 3.41. The number of nitrogens with one attached hydrogen (secondary N) is 1. The Morgan fingerprint density at radius 1 is 1.38 bits per heavy atom. The Hall–Kier alpha value is -1.79. The number of carboxylic acid groups (broad SMARTS) is 1. The molecule has 7 heteroatoms. The van der Waals surface area contributed by atoms with Crippen molar-refractivity contribution < 1.29 is 24.2 Å². The molecular weight excluding hydrogens is 216 g/mol. The zero-order chi connectivity index (χ0) is 12.9. The number of nitrogens with zero attached hydrogens (tertiary/aromatic N) is 1. The van der Waals surface area contributed by atoms with E-state index in [0.717, 1.165) is 4.90 Å². The number of urea groups is 1. The molecule has 16 heavy (non-hydrogen) atoms. The summed E-state index contributed by atoms with van der Waals surface area (Å²) in [5.41, 5.74) is -1.35. The van der Waals surface area contributed by atoms with Gasteiger partial charge in [-0.2, -0.15) is 0 Å². The summed E-state index contributed by atoms with van der Waals surface area (Å²) in [5.74, 6) is -1.74. The molecule has 0 fully saturated rings. The molecule has 0 aromatic carbocycles. The number of esters is 1. The molecule has 0 aliphatic carbocycles. The predicted molar refractivity (Wildman–Crippen MR) is 54.9 cm³/mol. The maximum atomic E-state index is 11.5. The second-order valence-corrected chi connectivity index (χ2v) is 3.66. The van der Waals surface area contributed by atoms with Crippen LogP contribution in [0.15, 0.2) is 0 Å². The highest BCUT2D eigenvalue weighted by Crippen LogP contribution is 2.11. The van der Waals surface area contributed by atoms with E-state index in [1.54, 1.807) is 0 Å². The van der Waals surface area contributed by atoms with Gasteiger partial charge >= 0.3 is 18.0 Å². The lowest BCUT2D eigenvalue weighted by Crippen LogP contribution is -2.54. The van der Waals surface area contributed by atoms with Crippen molar-refractivity contribution in [1.82, 2.24) is 10.2 Å². The van der Waals surface area contributed by atoms with Crippen LogP contribution in [-0.4, -0.2) is 54.2 Å². The first-order valence-corrected chi connectivity index (χ1v) is 4.55. The molecular formula is C9H16N2O5. The van der Waals surface area contributed by atoms with Gasteiger partial charge in [-0.25, -0.2) is 9.59 Å². The normalized spacial score (nSPS) is 10.5. The maximum Gasteiger partial charge on any atom is 0.329 e. The van der Waals surface area contributed by atoms with E-state index in [1.165, 1.54) is 28.0 Å². The molecule has 0 radical (unpaired) electrons. The molecule has 0 aliphatic rings. The van der Waals surface area contributed by atoms with Crippen LogP contribution in [-0.2, 0) is 14.3 Å². The minimum atomic E-state index is -1.35. The van der Waals surface area contributed by atoms with E-state index in [0.29, 0.717) is 0 Å². The average Bonchev–Trinajstić information content (AvgIpc) is 2.23. The first kappa shape index (κ1) is 14.2. The zero-order valence-electron chi connectivity index (χ0n) is 9.73. The molecule has 0 spiro atoms. The van der Waals surface area contributed by atoms with Crippen molar-refractivity contribution in [2.45, 2.75) is 19.4 Å². The largest absolute Gasteiger partial charge is 0.480 e. The smallest absolute Gasteiger partial charge is 0.329 e. The highest BCUT2D eigenvalue weighted by atomic mass is 16.5. The fourth-order valence-electron chi connectivity index (χ4n) is 0.736. The molecule has 2 N–H and O–H groups in total. The van der Waals surface area contributed by atoms with E-state index in [-0.39, 0.29) is 6.54 Å². The number of aliphatic carboxylic acids is 1. The number of hydrogen-bond acceptors (Lipinski definition) is 4. The summed E-state index contributed by atoms with van der Waals surface area (Å²) in [5, 5.41) is 11.1. The second-order valence-electron chi connectivity index (χ2n) is 3.66. The van der Waals surface area contributed by atoms with Gasteiger partial charge in [-0.1, -0.05) is 0 Å². The summed E-state index contributed by atoms with van der Waals surface area (Å²) in [6.07, 6.45) is 0. The van der Waals surface area contributed by atoms with E-state index < -0.39 is 23.5 Å². The van der Waals surface area contributed by atoms with Crippen molar-refractivity contribution in [2.24, 2.45) is 0 Å². The average molecular weight is 232 g/mol. The molecule has 0 saturated carbocycles. The first-order chi connectivity index (χ1) is 7.23.